The standard InChI is InChI=1S/C22H24N6O4/c1-4-18(29)27-8-7-15(12-27)28-20(23)19(21(24)30)17(26-28)6-5-13-9-14(22(31)25-2)11-16(10-13)32-3/h4,9-11,15H,1,7-8,12,23H2,2-3H3,(H2,24,30)(H,25,31). The van der Waals surface area contributed by atoms with Crippen LogP contribution in [0.5, 0.6) is 5.75 Å². The predicted octanol–water partition coefficient (Wildman–Crippen LogP) is 0.292. The molecule has 1 fully saturated rings. The molecule has 0 saturated carbocycles. The summed E-state index contributed by atoms with van der Waals surface area (Å²) in [4.78, 5) is 37.6. The topological polar surface area (TPSA) is 146 Å². The Kier molecular flexibility index (Phi) is 6.49. The van der Waals surface area contributed by atoms with Gasteiger partial charge < -0.3 is 26.4 Å². The molecule has 1 saturated heterocycles. The number of methoxy groups -OCH3 is 1. The van der Waals surface area contributed by atoms with Crippen LogP contribution in [-0.2, 0) is 4.79 Å². The lowest BCUT2D eigenvalue weighted by molar-refractivity contribution is -0.125. The summed E-state index contributed by atoms with van der Waals surface area (Å²) in [5, 5.41) is 6.95. The van der Waals surface area contributed by atoms with Gasteiger partial charge in [-0.2, -0.15) is 5.10 Å². The van der Waals surface area contributed by atoms with E-state index in [-0.39, 0.29) is 34.9 Å². The van der Waals surface area contributed by atoms with Gasteiger partial charge in [0.2, 0.25) is 5.91 Å². The van der Waals surface area contributed by atoms with Gasteiger partial charge in [0.05, 0.1) is 13.2 Å². The van der Waals surface area contributed by atoms with Crippen molar-refractivity contribution in [2.24, 2.45) is 5.73 Å². The van der Waals surface area contributed by atoms with Gasteiger partial charge in [0.15, 0.2) is 5.69 Å². The largest absolute Gasteiger partial charge is 0.497 e. The molecule has 2 aromatic rings. The zero-order valence-electron chi connectivity index (χ0n) is 17.8. The lowest BCUT2D eigenvalue weighted by atomic mass is 10.1. The molecule has 2 heterocycles. The monoisotopic (exact) mass is 436 g/mol. The third-order valence-electron chi connectivity index (χ3n) is 5.15. The first-order chi connectivity index (χ1) is 15.3. The maximum Gasteiger partial charge on any atom is 0.255 e. The Balaban J connectivity index is 1.99. The van der Waals surface area contributed by atoms with E-state index in [1.807, 2.05) is 0 Å². The summed E-state index contributed by atoms with van der Waals surface area (Å²) in [6.45, 7) is 4.40. The van der Waals surface area contributed by atoms with Gasteiger partial charge in [0.1, 0.15) is 17.1 Å². The molecule has 1 aromatic heterocycles. The smallest absolute Gasteiger partial charge is 0.255 e. The molecule has 1 aromatic carbocycles. The van der Waals surface area contributed by atoms with E-state index in [1.54, 1.807) is 23.1 Å². The fourth-order valence-electron chi connectivity index (χ4n) is 3.52. The number of anilines is 1. The van der Waals surface area contributed by atoms with Crippen molar-refractivity contribution < 1.29 is 19.1 Å². The SMILES string of the molecule is C=CC(=O)N1CCC(n2nc(C#Cc3cc(OC)cc(C(=O)NC)c3)c(C(N)=O)c2N)C1. The van der Waals surface area contributed by atoms with Crippen molar-refractivity contribution in [2.45, 2.75) is 12.5 Å². The number of rotatable bonds is 5. The Morgan fingerprint density at radius 3 is 2.69 bits per heavy atom. The Hall–Kier alpha value is -4.26. The average Bonchev–Trinajstić information content (AvgIpc) is 3.40. The van der Waals surface area contributed by atoms with E-state index in [0.29, 0.717) is 36.4 Å². The fraction of sp³-hybridized carbons (Fsp3) is 0.273. The van der Waals surface area contributed by atoms with Gasteiger partial charge in [-0.15, -0.1) is 0 Å². The number of carbonyl (C=O) groups is 3. The van der Waals surface area contributed by atoms with Gasteiger partial charge in [0.25, 0.3) is 11.8 Å². The quantitative estimate of drug-likeness (QED) is 0.454. The molecule has 166 valence electrons. The van der Waals surface area contributed by atoms with Gasteiger partial charge in [-0.1, -0.05) is 12.5 Å². The third-order valence-corrected chi connectivity index (χ3v) is 5.15. The van der Waals surface area contributed by atoms with E-state index in [0.717, 1.165) is 0 Å². The highest BCUT2D eigenvalue weighted by Crippen LogP contribution is 2.27. The van der Waals surface area contributed by atoms with Crippen LogP contribution in [0.25, 0.3) is 0 Å². The highest BCUT2D eigenvalue weighted by molar-refractivity contribution is 5.99. The summed E-state index contributed by atoms with van der Waals surface area (Å²) in [5.74, 6) is 5.03. The van der Waals surface area contributed by atoms with E-state index in [9.17, 15) is 14.4 Å². The molecule has 0 radical (unpaired) electrons. The van der Waals surface area contributed by atoms with Crippen molar-refractivity contribution in [3.8, 4) is 17.6 Å². The van der Waals surface area contributed by atoms with E-state index >= 15 is 0 Å². The van der Waals surface area contributed by atoms with Crippen LogP contribution in [-0.4, -0.2) is 59.6 Å². The van der Waals surface area contributed by atoms with Crippen LogP contribution in [0, 0.1) is 11.8 Å². The average molecular weight is 436 g/mol. The Labute approximate surface area is 185 Å². The van der Waals surface area contributed by atoms with Crippen molar-refractivity contribution >= 4 is 23.5 Å². The first-order valence-corrected chi connectivity index (χ1v) is 9.81. The third kappa shape index (κ3) is 4.41. The number of nitrogens with two attached hydrogens (primary N) is 2. The van der Waals surface area contributed by atoms with Gasteiger partial charge in [-0.25, -0.2) is 4.68 Å². The Bertz CT molecular complexity index is 1160. The number of benzene rings is 1. The first kappa shape index (κ1) is 22.4. The molecule has 1 atom stereocenters. The number of primary amides is 1. The van der Waals surface area contributed by atoms with Gasteiger partial charge in [-0.3, -0.25) is 14.4 Å². The number of nitrogen functional groups attached to an aromatic ring is 1. The number of likely N-dealkylation sites (tertiary alicyclic amines) is 1. The van der Waals surface area contributed by atoms with Crippen LogP contribution in [0.1, 0.15) is 44.4 Å². The lowest BCUT2D eigenvalue weighted by Crippen LogP contribution is -2.27. The highest BCUT2D eigenvalue weighted by Gasteiger charge is 2.30. The van der Waals surface area contributed by atoms with Crippen molar-refractivity contribution in [3.63, 3.8) is 0 Å². The number of ether oxygens (including phenoxy) is 1. The molecule has 1 aliphatic rings. The van der Waals surface area contributed by atoms with Gasteiger partial charge in [0, 0.05) is 31.3 Å². The number of aromatic nitrogens is 2. The first-order valence-electron chi connectivity index (χ1n) is 9.81. The second-order valence-corrected chi connectivity index (χ2v) is 7.13. The van der Waals surface area contributed by atoms with Crippen LogP contribution < -0.4 is 21.5 Å². The molecule has 1 aliphatic heterocycles. The molecular formula is C22H24N6O4. The van der Waals surface area contributed by atoms with Crippen LogP contribution in [0.4, 0.5) is 5.82 Å². The number of carbonyl (C=O) groups excluding carboxylic acids is 3. The van der Waals surface area contributed by atoms with E-state index in [4.69, 9.17) is 16.2 Å². The normalized spacial score (nSPS) is 14.9. The van der Waals surface area contributed by atoms with Crippen molar-refractivity contribution in [3.05, 3.63) is 53.2 Å². The van der Waals surface area contributed by atoms with Gasteiger partial charge >= 0.3 is 0 Å². The minimum Gasteiger partial charge on any atom is -0.497 e. The zero-order chi connectivity index (χ0) is 23.4. The number of amides is 3. The molecule has 10 nitrogen and oxygen atoms in total. The molecule has 5 N–H and O–H groups in total. The minimum atomic E-state index is -0.758. The number of hydrogen-bond acceptors (Lipinski definition) is 6. The van der Waals surface area contributed by atoms with Crippen LogP contribution in [0.15, 0.2) is 30.9 Å². The summed E-state index contributed by atoms with van der Waals surface area (Å²) >= 11 is 0. The molecule has 32 heavy (non-hydrogen) atoms. The minimum absolute atomic E-state index is 0.0143. The molecule has 0 bridgehead atoms. The summed E-state index contributed by atoms with van der Waals surface area (Å²) in [6.07, 6.45) is 1.86. The second kappa shape index (κ2) is 9.26. The van der Waals surface area contributed by atoms with Crippen LogP contribution in [0.3, 0.4) is 0 Å². The molecule has 3 rings (SSSR count). The lowest BCUT2D eigenvalue weighted by Gasteiger charge is -2.15. The summed E-state index contributed by atoms with van der Waals surface area (Å²) in [5.41, 5.74) is 12.7. The summed E-state index contributed by atoms with van der Waals surface area (Å²) < 4.78 is 6.72. The Morgan fingerprint density at radius 2 is 2.06 bits per heavy atom. The second-order valence-electron chi connectivity index (χ2n) is 7.13. The number of nitrogens with one attached hydrogen (secondary N) is 1. The maximum absolute atomic E-state index is 12.1. The fourth-order valence-corrected chi connectivity index (χ4v) is 3.52. The number of nitrogens with zero attached hydrogens (tertiary/aromatic N) is 3. The highest BCUT2D eigenvalue weighted by atomic mass is 16.5. The molecule has 1 unspecified atom stereocenters. The molecule has 0 aliphatic carbocycles. The molecule has 3 amide bonds. The predicted molar refractivity (Wildman–Crippen MR) is 118 cm³/mol. The maximum atomic E-state index is 12.1. The summed E-state index contributed by atoms with van der Waals surface area (Å²) in [6, 6.07) is 4.61. The summed E-state index contributed by atoms with van der Waals surface area (Å²) in [7, 11) is 3.00. The molecule has 10 heteroatoms. The van der Waals surface area contributed by atoms with E-state index < -0.39 is 5.91 Å². The van der Waals surface area contributed by atoms with Crippen molar-refractivity contribution in [1.29, 1.82) is 0 Å². The van der Waals surface area contributed by atoms with Crippen LogP contribution in [0.2, 0.25) is 0 Å². The van der Waals surface area contributed by atoms with E-state index in [2.05, 4.69) is 28.8 Å². The van der Waals surface area contributed by atoms with Gasteiger partial charge in [-0.05, 0) is 36.6 Å². The van der Waals surface area contributed by atoms with E-state index in [1.165, 1.54) is 24.9 Å². The number of hydrogen-bond donors (Lipinski definition) is 3. The van der Waals surface area contributed by atoms with Crippen LogP contribution >= 0.6 is 0 Å². The molecular weight excluding hydrogens is 412 g/mol. The van der Waals surface area contributed by atoms with Crippen molar-refractivity contribution in [2.75, 3.05) is 33.0 Å². The zero-order valence-corrected chi connectivity index (χ0v) is 17.8. The Morgan fingerprint density at radius 1 is 1.31 bits per heavy atom. The van der Waals surface area contributed by atoms with Crippen molar-refractivity contribution in [1.82, 2.24) is 20.0 Å². The molecule has 0 spiro atoms.